The van der Waals surface area contributed by atoms with Gasteiger partial charge in [0.25, 0.3) is 5.89 Å². The zero-order chi connectivity index (χ0) is 14.7. The Morgan fingerprint density at radius 2 is 2.19 bits per heavy atom. The van der Waals surface area contributed by atoms with Crippen LogP contribution in [0.15, 0.2) is 28.9 Å². The van der Waals surface area contributed by atoms with Gasteiger partial charge in [-0.05, 0) is 26.0 Å². The molecule has 21 heavy (non-hydrogen) atoms. The molecule has 0 radical (unpaired) electrons. The highest BCUT2D eigenvalue weighted by Crippen LogP contribution is 2.22. The Kier molecular flexibility index (Phi) is 3.59. The summed E-state index contributed by atoms with van der Waals surface area (Å²) >= 11 is 0. The lowest BCUT2D eigenvalue weighted by molar-refractivity contribution is 0.336. The summed E-state index contributed by atoms with van der Waals surface area (Å²) in [6, 6.07) is 3.65. The SMILES string of the molecule is CCOc1ccc(-c2nnc(Cn3ccnn3)o2)nc1C. The summed E-state index contributed by atoms with van der Waals surface area (Å²) in [6.45, 7) is 4.79. The third-order valence-electron chi connectivity index (χ3n) is 2.79. The summed E-state index contributed by atoms with van der Waals surface area (Å²) in [5.74, 6) is 1.57. The van der Waals surface area contributed by atoms with E-state index in [0.717, 1.165) is 11.4 Å². The molecule has 3 aromatic rings. The number of pyridine rings is 1. The van der Waals surface area contributed by atoms with Crippen molar-refractivity contribution in [2.24, 2.45) is 0 Å². The molecule has 0 aromatic carbocycles. The van der Waals surface area contributed by atoms with E-state index in [0.29, 0.717) is 30.6 Å². The summed E-state index contributed by atoms with van der Waals surface area (Å²) in [6.07, 6.45) is 3.32. The molecule has 3 heterocycles. The molecule has 0 aliphatic rings. The van der Waals surface area contributed by atoms with Crippen molar-refractivity contribution < 1.29 is 9.15 Å². The second-order valence-electron chi connectivity index (χ2n) is 4.31. The van der Waals surface area contributed by atoms with E-state index in [1.165, 1.54) is 0 Å². The van der Waals surface area contributed by atoms with Gasteiger partial charge in [0.15, 0.2) is 0 Å². The molecule has 0 aliphatic heterocycles. The quantitative estimate of drug-likeness (QED) is 0.701. The maximum Gasteiger partial charge on any atom is 0.266 e. The van der Waals surface area contributed by atoms with Crippen molar-refractivity contribution in [2.45, 2.75) is 20.4 Å². The standard InChI is InChI=1S/C13H14N6O2/c1-3-20-11-5-4-10(15-9(11)2)13-17-16-12(21-13)8-19-7-6-14-18-19/h4-7H,3,8H2,1-2H3. The first-order valence-corrected chi connectivity index (χ1v) is 6.53. The van der Waals surface area contributed by atoms with Gasteiger partial charge in [0.1, 0.15) is 18.0 Å². The minimum Gasteiger partial charge on any atom is -0.492 e. The summed E-state index contributed by atoms with van der Waals surface area (Å²) in [4.78, 5) is 4.42. The van der Waals surface area contributed by atoms with Crippen LogP contribution in [0, 0.1) is 6.92 Å². The lowest BCUT2D eigenvalue weighted by atomic mass is 10.3. The Balaban J connectivity index is 1.81. The van der Waals surface area contributed by atoms with Crippen molar-refractivity contribution >= 4 is 0 Å². The Morgan fingerprint density at radius 1 is 1.29 bits per heavy atom. The Bertz CT molecular complexity index is 722. The summed E-state index contributed by atoms with van der Waals surface area (Å²) in [7, 11) is 0. The molecule has 0 atom stereocenters. The Hall–Kier alpha value is -2.77. The molecule has 0 N–H and O–H groups in total. The fourth-order valence-corrected chi connectivity index (χ4v) is 1.85. The van der Waals surface area contributed by atoms with Gasteiger partial charge in [0.05, 0.1) is 18.5 Å². The average Bonchev–Trinajstić information content (AvgIpc) is 3.13. The molecule has 0 amide bonds. The maximum absolute atomic E-state index is 5.58. The van der Waals surface area contributed by atoms with Gasteiger partial charge in [0, 0.05) is 6.20 Å². The number of ether oxygens (including phenoxy) is 1. The fourth-order valence-electron chi connectivity index (χ4n) is 1.85. The molecule has 0 bridgehead atoms. The van der Waals surface area contributed by atoms with Crippen LogP contribution < -0.4 is 4.74 Å². The highest BCUT2D eigenvalue weighted by atomic mass is 16.5. The lowest BCUT2D eigenvalue weighted by Gasteiger charge is -2.06. The van der Waals surface area contributed by atoms with Crippen LogP contribution in [0.3, 0.4) is 0 Å². The molecule has 3 rings (SSSR count). The number of aryl methyl sites for hydroxylation is 1. The summed E-state index contributed by atoms with van der Waals surface area (Å²) < 4.78 is 12.6. The topological polar surface area (TPSA) is 91.8 Å². The molecule has 8 heteroatoms. The van der Waals surface area contributed by atoms with Gasteiger partial charge < -0.3 is 9.15 Å². The Labute approximate surface area is 120 Å². The van der Waals surface area contributed by atoms with Gasteiger partial charge >= 0.3 is 0 Å². The van der Waals surface area contributed by atoms with E-state index < -0.39 is 0 Å². The molecule has 0 spiro atoms. The summed E-state index contributed by atoms with van der Waals surface area (Å²) in [5.41, 5.74) is 1.40. The lowest BCUT2D eigenvalue weighted by Crippen LogP contribution is -2.00. The molecule has 0 saturated heterocycles. The predicted molar refractivity (Wildman–Crippen MR) is 72.6 cm³/mol. The van der Waals surface area contributed by atoms with Crippen LogP contribution in [-0.2, 0) is 6.54 Å². The van der Waals surface area contributed by atoms with E-state index >= 15 is 0 Å². The zero-order valence-corrected chi connectivity index (χ0v) is 11.7. The van der Waals surface area contributed by atoms with Crippen LogP contribution >= 0.6 is 0 Å². The van der Waals surface area contributed by atoms with Gasteiger partial charge in [-0.2, -0.15) is 0 Å². The molecule has 0 aliphatic carbocycles. The zero-order valence-electron chi connectivity index (χ0n) is 11.7. The molecular weight excluding hydrogens is 272 g/mol. The van der Waals surface area contributed by atoms with Crippen LogP contribution in [0.5, 0.6) is 5.75 Å². The molecule has 3 aromatic heterocycles. The monoisotopic (exact) mass is 286 g/mol. The Morgan fingerprint density at radius 3 is 2.90 bits per heavy atom. The first kappa shape index (κ1) is 13.2. The average molecular weight is 286 g/mol. The van der Waals surface area contributed by atoms with Crippen molar-refractivity contribution in [1.29, 1.82) is 0 Å². The van der Waals surface area contributed by atoms with Crippen molar-refractivity contribution in [3.05, 3.63) is 36.1 Å². The molecule has 8 nitrogen and oxygen atoms in total. The van der Waals surface area contributed by atoms with Crippen LogP contribution in [0.4, 0.5) is 0 Å². The van der Waals surface area contributed by atoms with E-state index in [1.54, 1.807) is 23.1 Å². The fraction of sp³-hybridized carbons (Fsp3) is 0.308. The van der Waals surface area contributed by atoms with E-state index in [1.807, 2.05) is 19.9 Å². The van der Waals surface area contributed by atoms with Crippen molar-refractivity contribution in [1.82, 2.24) is 30.2 Å². The number of hydrogen-bond donors (Lipinski definition) is 0. The number of rotatable bonds is 5. The van der Waals surface area contributed by atoms with Crippen molar-refractivity contribution in [3.8, 4) is 17.3 Å². The number of nitrogens with zero attached hydrogens (tertiary/aromatic N) is 6. The van der Waals surface area contributed by atoms with Gasteiger partial charge in [-0.1, -0.05) is 5.21 Å². The van der Waals surface area contributed by atoms with Gasteiger partial charge in [0.2, 0.25) is 5.89 Å². The third kappa shape index (κ3) is 2.88. The highest BCUT2D eigenvalue weighted by molar-refractivity contribution is 5.49. The third-order valence-corrected chi connectivity index (χ3v) is 2.79. The van der Waals surface area contributed by atoms with E-state index in [4.69, 9.17) is 9.15 Å². The predicted octanol–water partition coefficient (Wildman–Crippen LogP) is 1.48. The second kappa shape index (κ2) is 5.70. The first-order valence-electron chi connectivity index (χ1n) is 6.53. The van der Waals surface area contributed by atoms with Crippen LogP contribution in [0.1, 0.15) is 18.5 Å². The highest BCUT2D eigenvalue weighted by Gasteiger charge is 2.12. The smallest absolute Gasteiger partial charge is 0.266 e. The van der Waals surface area contributed by atoms with Crippen LogP contribution in [0.25, 0.3) is 11.6 Å². The second-order valence-corrected chi connectivity index (χ2v) is 4.31. The number of aromatic nitrogens is 6. The van der Waals surface area contributed by atoms with Crippen molar-refractivity contribution in [3.63, 3.8) is 0 Å². The van der Waals surface area contributed by atoms with Gasteiger partial charge in [-0.3, -0.25) is 0 Å². The molecule has 0 fully saturated rings. The van der Waals surface area contributed by atoms with E-state index in [2.05, 4.69) is 25.5 Å². The van der Waals surface area contributed by atoms with Crippen molar-refractivity contribution in [2.75, 3.05) is 6.61 Å². The first-order chi connectivity index (χ1) is 10.3. The van der Waals surface area contributed by atoms with E-state index in [9.17, 15) is 0 Å². The molecular formula is C13H14N6O2. The minimum absolute atomic E-state index is 0.372. The molecule has 108 valence electrons. The van der Waals surface area contributed by atoms with Gasteiger partial charge in [-0.25, -0.2) is 9.67 Å². The van der Waals surface area contributed by atoms with Crippen LogP contribution in [0.2, 0.25) is 0 Å². The molecule has 0 saturated carbocycles. The van der Waals surface area contributed by atoms with E-state index in [-0.39, 0.29) is 0 Å². The normalized spacial score (nSPS) is 10.8. The minimum atomic E-state index is 0.372. The largest absolute Gasteiger partial charge is 0.492 e. The molecule has 0 unspecified atom stereocenters. The van der Waals surface area contributed by atoms with Gasteiger partial charge in [-0.15, -0.1) is 15.3 Å². The number of hydrogen-bond acceptors (Lipinski definition) is 7. The maximum atomic E-state index is 5.58. The van der Waals surface area contributed by atoms with Crippen LogP contribution in [-0.4, -0.2) is 36.8 Å². The summed E-state index contributed by atoms with van der Waals surface area (Å²) in [5, 5.41) is 15.5.